The van der Waals surface area contributed by atoms with Crippen LogP contribution in [0.25, 0.3) is 21.3 Å². The minimum absolute atomic E-state index is 0.323. The molecule has 120 valence electrons. The highest BCUT2D eigenvalue weighted by Gasteiger charge is 2.16. The fourth-order valence-electron chi connectivity index (χ4n) is 2.55. The molecule has 0 aliphatic rings. The van der Waals surface area contributed by atoms with E-state index in [1.165, 1.54) is 11.1 Å². The summed E-state index contributed by atoms with van der Waals surface area (Å²) in [5.41, 5.74) is 2.40. The molecule has 1 N–H and O–H groups in total. The Labute approximate surface area is 141 Å². The molecule has 4 nitrogen and oxygen atoms in total. The number of aromatic nitrogens is 2. The lowest BCUT2D eigenvalue weighted by atomic mass is 10.1. The number of thiophene rings is 1. The van der Waals surface area contributed by atoms with Crippen molar-refractivity contribution in [2.45, 2.75) is 26.4 Å². The van der Waals surface area contributed by atoms with Gasteiger partial charge in [0.15, 0.2) is 0 Å². The van der Waals surface area contributed by atoms with E-state index in [2.05, 4.69) is 53.7 Å². The normalized spacial score (nSPS) is 11.6. The molecule has 0 unspecified atom stereocenters. The zero-order valence-corrected chi connectivity index (χ0v) is 14.8. The van der Waals surface area contributed by atoms with Gasteiger partial charge in [0.2, 0.25) is 0 Å². The van der Waals surface area contributed by atoms with Crippen molar-refractivity contribution >= 4 is 27.4 Å². The predicted octanol–water partition coefficient (Wildman–Crippen LogP) is 4.24. The average Bonchev–Trinajstić information content (AvgIpc) is 2.91. The van der Waals surface area contributed by atoms with E-state index in [-0.39, 0.29) is 0 Å². The average molecular weight is 326 g/mol. The second-order valence-electron chi connectivity index (χ2n) is 6.22. The number of nitrogens with one attached hydrogen (secondary N) is 1. The van der Waals surface area contributed by atoms with Gasteiger partial charge in [-0.1, -0.05) is 30.3 Å². The molecular formula is C18H22N4S. The quantitative estimate of drug-likeness (QED) is 0.761. The number of anilines is 1. The van der Waals surface area contributed by atoms with Gasteiger partial charge in [-0.15, -0.1) is 11.3 Å². The Morgan fingerprint density at radius 2 is 1.87 bits per heavy atom. The van der Waals surface area contributed by atoms with Gasteiger partial charge in [-0.05, 0) is 33.5 Å². The van der Waals surface area contributed by atoms with Crippen molar-refractivity contribution < 1.29 is 0 Å². The van der Waals surface area contributed by atoms with Crippen molar-refractivity contribution in [2.24, 2.45) is 0 Å². The second kappa shape index (κ2) is 6.64. The van der Waals surface area contributed by atoms with Crippen molar-refractivity contribution in [2.75, 3.05) is 19.4 Å². The summed E-state index contributed by atoms with van der Waals surface area (Å²) < 4.78 is 0. The molecule has 0 radical (unpaired) electrons. The molecule has 0 aliphatic heterocycles. The summed E-state index contributed by atoms with van der Waals surface area (Å²) in [7, 11) is 4.07. The summed E-state index contributed by atoms with van der Waals surface area (Å²) in [5, 5.41) is 6.80. The first-order valence-electron chi connectivity index (χ1n) is 7.79. The van der Waals surface area contributed by atoms with Gasteiger partial charge in [0.05, 0.1) is 11.9 Å². The Balaban J connectivity index is 2.17. The standard InChI is InChI=1S/C18H22N4S/c1-12(2)19-17-16-14(13-8-6-5-7-9-13)11-23-18(16)21-15(20-17)10-22(3)4/h5-9,11-12H,10H2,1-4H3,(H,19,20,21). The monoisotopic (exact) mass is 326 g/mol. The van der Waals surface area contributed by atoms with Gasteiger partial charge in [0.25, 0.3) is 0 Å². The summed E-state index contributed by atoms with van der Waals surface area (Å²) >= 11 is 1.68. The fraction of sp³-hybridized carbons (Fsp3) is 0.333. The maximum absolute atomic E-state index is 4.78. The van der Waals surface area contributed by atoms with E-state index in [4.69, 9.17) is 9.97 Å². The van der Waals surface area contributed by atoms with E-state index < -0.39 is 0 Å². The third kappa shape index (κ3) is 3.51. The van der Waals surface area contributed by atoms with E-state index >= 15 is 0 Å². The van der Waals surface area contributed by atoms with Crippen molar-refractivity contribution in [3.8, 4) is 11.1 Å². The van der Waals surface area contributed by atoms with E-state index in [9.17, 15) is 0 Å². The van der Waals surface area contributed by atoms with Gasteiger partial charge in [0, 0.05) is 17.0 Å². The van der Waals surface area contributed by atoms with Gasteiger partial charge < -0.3 is 10.2 Å². The molecule has 0 spiro atoms. The number of hydrogen-bond donors (Lipinski definition) is 1. The molecule has 5 heteroatoms. The Kier molecular flexibility index (Phi) is 4.59. The van der Waals surface area contributed by atoms with Crippen molar-refractivity contribution in [1.82, 2.24) is 14.9 Å². The van der Waals surface area contributed by atoms with E-state index in [1.807, 2.05) is 20.2 Å². The fourth-order valence-corrected chi connectivity index (χ4v) is 3.51. The molecule has 0 saturated carbocycles. The highest BCUT2D eigenvalue weighted by atomic mass is 32.1. The molecule has 0 amide bonds. The molecule has 3 rings (SSSR count). The molecular weight excluding hydrogens is 304 g/mol. The molecule has 0 aliphatic carbocycles. The molecule has 1 aromatic carbocycles. The third-order valence-corrected chi connectivity index (χ3v) is 4.32. The predicted molar refractivity (Wildman–Crippen MR) is 99.0 cm³/mol. The molecule has 23 heavy (non-hydrogen) atoms. The molecule has 0 fully saturated rings. The Morgan fingerprint density at radius 1 is 1.13 bits per heavy atom. The summed E-state index contributed by atoms with van der Waals surface area (Å²) in [6.45, 7) is 5.00. The molecule has 3 aromatic rings. The van der Waals surface area contributed by atoms with Crippen molar-refractivity contribution in [3.63, 3.8) is 0 Å². The first kappa shape index (κ1) is 15.9. The molecule has 0 saturated heterocycles. The van der Waals surface area contributed by atoms with Gasteiger partial charge in [-0.25, -0.2) is 9.97 Å². The topological polar surface area (TPSA) is 41.1 Å². The molecule has 2 heterocycles. The Hall–Kier alpha value is -1.98. The summed E-state index contributed by atoms with van der Waals surface area (Å²) in [6, 6.07) is 10.8. The smallest absolute Gasteiger partial charge is 0.146 e. The van der Waals surface area contributed by atoms with Crippen LogP contribution in [-0.4, -0.2) is 35.0 Å². The molecule has 0 bridgehead atoms. The minimum atomic E-state index is 0.323. The number of nitrogens with zero attached hydrogens (tertiary/aromatic N) is 3. The zero-order chi connectivity index (χ0) is 16.4. The lowest BCUT2D eigenvalue weighted by molar-refractivity contribution is 0.391. The third-order valence-electron chi connectivity index (χ3n) is 3.45. The number of rotatable bonds is 5. The van der Waals surface area contributed by atoms with E-state index in [0.29, 0.717) is 6.04 Å². The van der Waals surface area contributed by atoms with Crippen LogP contribution in [0.2, 0.25) is 0 Å². The van der Waals surface area contributed by atoms with Crippen LogP contribution >= 0.6 is 11.3 Å². The van der Waals surface area contributed by atoms with E-state index in [0.717, 1.165) is 28.4 Å². The van der Waals surface area contributed by atoms with Crippen LogP contribution in [0.3, 0.4) is 0 Å². The maximum Gasteiger partial charge on any atom is 0.146 e. The van der Waals surface area contributed by atoms with Crippen molar-refractivity contribution in [1.29, 1.82) is 0 Å². The Morgan fingerprint density at radius 3 is 2.52 bits per heavy atom. The number of benzene rings is 1. The minimum Gasteiger partial charge on any atom is -0.367 e. The van der Waals surface area contributed by atoms with Gasteiger partial charge in [-0.2, -0.15) is 0 Å². The lowest BCUT2D eigenvalue weighted by Crippen LogP contribution is -2.16. The van der Waals surface area contributed by atoms with Crippen LogP contribution in [0.15, 0.2) is 35.7 Å². The van der Waals surface area contributed by atoms with Gasteiger partial charge in [0.1, 0.15) is 16.5 Å². The van der Waals surface area contributed by atoms with E-state index in [1.54, 1.807) is 11.3 Å². The van der Waals surface area contributed by atoms with Crippen LogP contribution < -0.4 is 5.32 Å². The lowest BCUT2D eigenvalue weighted by Gasteiger charge is -2.14. The largest absolute Gasteiger partial charge is 0.367 e. The number of fused-ring (bicyclic) bond motifs is 1. The summed E-state index contributed by atoms with van der Waals surface area (Å²) in [6.07, 6.45) is 0. The molecule has 0 atom stereocenters. The van der Waals surface area contributed by atoms with Gasteiger partial charge >= 0.3 is 0 Å². The molecule has 2 aromatic heterocycles. The second-order valence-corrected chi connectivity index (χ2v) is 7.08. The number of hydrogen-bond acceptors (Lipinski definition) is 5. The summed E-state index contributed by atoms with van der Waals surface area (Å²) in [4.78, 5) is 12.7. The zero-order valence-electron chi connectivity index (χ0n) is 14.0. The maximum atomic E-state index is 4.78. The first-order chi connectivity index (χ1) is 11.0. The highest BCUT2D eigenvalue weighted by Crippen LogP contribution is 2.37. The Bertz CT molecular complexity index is 793. The highest BCUT2D eigenvalue weighted by molar-refractivity contribution is 7.17. The van der Waals surface area contributed by atoms with Crippen LogP contribution in [0.4, 0.5) is 5.82 Å². The SMILES string of the molecule is CC(C)Nc1nc(CN(C)C)nc2scc(-c3ccccc3)c12. The van der Waals surface area contributed by atoms with Gasteiger partial charge in [-0.3, -0.25) is 0 Å². The summed E-state index contributed by atoms with van der Waals surface area (Å²) in [5.74, 6) is 1.79. The van der Waals surface area contributed by atoms with Crippen LogP contribution in [0.5, 0.6) is 0 Å². The van der Waals surface area contributed by atoms with Crippen molar-refractivity contribution in [3.05, 3.63) is 41.5 Å². The van der Waals surface area contributed by atoms with Crippen LogP contribution in [0, 0.1) is 0 Å². The van der Waals surface area contributed by atoms with Crippen LogP contribution in [0.1, 0.15) is 19.7 Å². The first-order valence-corrected chi connectivity index (χ1v) is 8.67. The van der Waals surface area contributed by atoms with Crippen LogP contribution in [-0.2, 0) is 6.54 Å².